The maximum absolute atomic E-state index is 12.7. The Morgan fingerprint density at radius 2 is 2.00 bits per heavy atom. The largest absolute Gasteiger partial charge is 0.385 e. The summed E-state index contributed by atoms with van der Waals surface area (Å²) >= 11 is 0. The third kappa shape index (κ3) is 5.16. The van der Waals surface area contributed by atoms with Gasteiger partial charge < -0.3 is 14.9 Å². The second-order valence-electron chi connectivity index (χ2n) is 7.32. The molecule has 1 N–H and O–H groups in total. The van der Waals surface area contributed by atoms with Crippen LogP contribution in [0.15, 0.2) is 48.8 Å². The first-order valence-corrected chi connectivity index (χ1v) is 9.24. The monoisotopic (exact) mass is 356 g/mol. The van der Waals surface area contributed by atoms with E-state index in [0.717, 1.165) is 19.4 Å². The van der Waals surface area contributed by atoms with Crippen molar-refractivity contribution in [3.63, 3.8) is 0 Å². The van der Waals surface area contributed by atoms with Crippen molar-refractivity contribution in [1.82, 2.24) is 19.6 Å². The first-order valence-electron chi connectivity index (χ1n) is 9.24. The molecule has 1 aromatic heterocycles. The number of amides is 1. The van der Waals surface area contributed by atoms with Crippen LogP contribution in [0.4, 0.5) is 0 Å². The molecule has 0 unspecified atom stereocenters. The predicted molar refractivity (Wildman–Crippen MR) is 101 cm³/mol. The van der Waals surface area contributed by atoms with Crippen LogP contribution < -0.4 is 0 Å². The Labute approximate surface area is 155 Å². The second kappa shape index (κ2) is 8.47. The molecule has 3 rings (SSSR count). The summed E-state index contributed by atoms with van der Waals surface area (Å²) in [5, 5.41) is 15.3. The van der Waals surface area contributed by atoms with Gasteiger partial charge in [0.2, 0.25) is 5.91 Å². The van der Waals surface area contributed by atoms with E-state index in [0.29, 0.717) is 32.6 Å². The highest BCUT2D eigenvalue weighted by molar-refractivity contribution is 5.76. The molecule has 2 heterocycles. The van der Waals surface area contributed by atoms with E-state index in [1.165, 1.54) is 5.56 Å². The van der Waals surface area contributed by atoms with Gasteiger partial charge in [-0.25, -0.2) is 0 Å². The summed E-state index contributed by atoms with van der Waals surface area (Å²) in [5.74, 6) is 0.120. The zero-order valence-electron chi connectivity index (χ0n) is 15.4. The molecule has 1 aliphatic rings. The van der Waals surface area contributed by atoms with Gasteiger partial charge in [0.25, 0.3) is 0 Å². The lowest BCUT2D eigenvalue weighted by Crippen LogP contribution is -2.50. The van der Waals surface area contributed by atoms with E-state index in [2.05, 4.69) is 22.1 Å². The molecule has 1 fully saturated rings. The van der Waals surface area contributed by atoms with Crippen LogP contribution in [-0.4, -0.2) is 69.4 Å². The van der Waals surface area contributed by atoms with Crippen LogP contribution in [0.3, 0.4) is 0 Å². The maximum Gasteiger partial charge on any atom is 0.222 e. The van der Waals surface area contributed by atoms with Gasteiger partial charge in [0.1, 0.15) is 5.60 Å². The Morgan fingerprint density at radius 3 is 2.73 bits per heavy atom. The summed E-state index contributed by atoms with van der Waals surface area (Å²) in [6.07, 6.45) is 5.78. The molecule has 0 aliphatic carbocycles. The number of rotatable bonds is 6. The van der Waals surface area contributed by atoms with Crippen LogP contribution in [0.25, 0.3) is 0 Å². The molecule has 0 spiro atoms. The van der Waals surface area contributed by atoms with Crippen LogP contribution in [-0.2, 0) is 17.8 Å². The molecular formula is C20H28N4O2. The Kier molecular flexibility index (Phi) is 6.06. The summed E-state index contributed by atoms with van der Waals surface area (Å²) < 4.78 is 1.73. The van der Waals surface area contributed by atoms with Crippen molar-refractivity contribution in [3.05, 3.63) is 54.4 Å². The first-order chi connectivity index (χ1) is 12.5. The molecule has 1 amide bonds. The van der Waals surface area contributed by atoms with Crippen molar-refractivity contribution >= 4 is 5.91 Å². The molecule has 1 saturated heterocycles. The van der Waals surface area contributed by atoms with Crippen LogP contribution in [0, 0.1) is 0 Å². The van der Waals surface area contributed by atoms with E-state index < -0.39 is 5.60 Å². The van der Waals surface area contributed by atoms with Crippen molar-refractivity contribution in [3.8, 4) is 0 Å². The number of benzene rings is 1. The third-order valence-corrected chi connectivity index (χ3v) is 4.87. The van der Waals surface area contributed by atoms with Gasteiger partial charge in [0, 0.05) is 38.4 Å². The summed E-state index contributed by atoms with van der Waals surface area (Å²) in [4.78, 5) is 16.6. The van der Waals surface area contributed by atoms with Crippen LogP contribution in [0.2, 0.25) is 0 Å². The van der Waals surface area contributed by atoms with Gasteiger partial charge in [0.05, 0.1) is 13.1 Å². The highest BCUT2D eigenvalue weighted by Crippen LogP contribution is 2.17. The molecule has 1 atom stereocenters. The highest BCUT2D eigenvalue weighted by Gasteiger charge is 2.36. The number of carbonyl (C=O) groups excluding carboxylic acids is 1. The number of hydrogen-bond donors (Lipinski definition) is 1. The number of β-amino-alcohol motifs (C(OH)–C–C–N with tert-alkyl or cyclic N) is 1. The predicted octanol–water partition coefficient (Wildman–Crippen LogP) is 1.41. The van der Waals surface area contributed by atoms with E-state index in [1.54, 1.807) is 10.9 Å². The summed E-state index contributed by atoms with van der Waals surface area (Å²) in [5.41, 5.74) is 0.262. The number of aromatic nitrogens is 2. The smallest absolute Gasteiger partial charge is 0.222 e. The van der Waals surface area contributed by atoms with E-state index >= 15 is 0 Å². The van der Waals surface area contributed by atoms with Crippen LogP contribution in [0.5, 0.6) is 0 Å². The molecule has 6 heteroatoms. The van der Waals surface area contributed by atoms with E-state index in [-0.39, 0.29) is 5.91 Å². The number of hydrogen-bond acceptors (Lipinski definition) is 4. The minimum atomic E-state index is -0.994. The van der Waals surface area contributed by atoms with Gasteiger partial charge in [0.15, 0.2) is 0 Å². The third-order valence-electron chi connectivity index (χ3n) is 4.87. The minimum Gasteiger partial charge on any atom is -0.385 e. The zero-order chi connectivity index (χ0) is 18.4. The summed E-state index contributed by atoms with van der Waals surface area (Å²) in [6.45, 7) is 2.69. The number of carbonyl (C=O) groups is 1. The zero-order valence-corrected chi connectivity index (χ0v) is 15.4. The molecule has 26 heavy (non-hydrogen) atoms. The highest BCUT2D eigenvalue weighted by atomic mass is 16.3. The molecule has 0 bridgehead atoms. The quantitative estimate of drug-likeness (QED) is 0.850. The molecule has 1 aliphatic heterocycles. The lowest BCUT2D eigenvalue weighted by molar-refractivity contribution is -0.134. The van der Waals surface area contributed by atoms with Gasteiger partial charge >= 0.3 is 0 Å². The lowest BCUT2D eigenvalue weighted by atomic mass is 10.0. The second-order valence-corrected chi connectivity index (χ2v) is 7.32. The molecule has 1 aromatic carbocycles. The topological polar surface area (TPSA) is 61.6 Å². The average molecular weight is 356 g/mol. The Morgan fingerprint density at radius 1 is 1.19 bits per heavy atom. The number of aryl methyl sites for hydroxylation is 1. The van der Waals surface area contributed by atoms with Crippen LogP contribution >= 0.6 is 0 Å². The van der Waals surface area contributed by atoms with Crippen molar-refractivity contribution in [2.45, 2.75) is 31.4 Å². The molecule has 0 radical (unpaired) electrons. The van der Waals surface area contributed by atoms with Crippen LogP contribution in [0.1, 0.15) is 18.4 Å². The standard InChI is InChI=1S/C20H28N4O2/c1-22-13-14-23(16-20(26,15-22)17-24-12-6-11-21-24)19(25)10-5-9-18-7-3-2-4-8-18/h2-4,6-8,11-12,26H,5,9-10,13-17H2,1H3/t20-/m1/s1. The van der Waals surface area contributed by atoms with Gasteiger partial charge in [-0.05, 0) is 31.5 Å². The number of aliphatic hydroxyl groups is 1. The summed E-state index contributed by atoms with van der Waals surface area (Å²) in [6, 6.07) is 12.1. The fourth-order valence-electron chi connectivity index (χ4n) is 3.61. The Bertz CT molecular complexity index is 689. The number of likely N-dealkylation sites (N-methyl/N-ethyl adjacent to an activating group) is 1. The average Bonchev–Trinajstić information content (AvgIpc) is 3.06. The van der Waals surface area contributed by atoms with E-state index in [1.807, 2.05) is 42.4 Å². The van der Waals surface area contributed by atoms with Crippen molar-refractivity contribution in [2.24, 2.45) is 0 Å². The first kappa shape index (κ1) is 18.6. The fourth-order valence-corrected chi connectivity index (χ4v) is 3.61. The van der Waals surface area contributed by atoms with E-state index in [9.17, 15) is 9.90 Å². The Hall–Kier alpha value is -2.18. The van der Waals surface area contributed by atoms with Gasteiger partial charge in [-0.1, -0.05) is 30.3 Å². The fraction of sp³-hybridized carbons (Fsp3) is 0.500. The maximum atomic E-state index is 12.7. The molecular weight excluding hydrogens is 328 g/mol. The van der Waals surface area contributed by atoms with E-state index in [4.69, 9.17) is 0 Å². The SMILES string of the molecule is CN1CCN(C(=O)CCCc2ccccc2)C[C@@](O)(Cn2cccn2)C1. The lowest BCUT2D eigenvalue weighted by Gasteiger charge is -2.32. The molecule has 2 aromatic rings. The molecule has 6 nitrogen and oxygen atoms in total. The minimum absolute atomic E-state index is 0.120. The Balaban J connectivity index is 1.57. The van der Waals surface area contributed by atoms with Crippen molar-refractivity contribution in [2.75, 3.05) is 33.2 Å². The number of nitrogens with zero attached hydrogens (tertiary/aromatic N) is 4. The van der Waals surface area contributed by atoms with Crippen molar-refractivity contribution < 1.29 is 9.90 Å². The molecule has 0 saturated carbocycles. The summed E-state index contributed by atoms with van der Waals surface area (Å²) in [7, 11) is 1.98. The normalized spacial score (nSPS) is 21.5. The van der Waals surface area contributed by atoms with Gasteiger partial charge in [-0.2, -0.15) is 5.10 Å². The van der Waals surface area contributed by atoms with Gasteiger partial charge in [-0.15, -0.1) is 0 Å². The van der Waals surface area contributed by atoms with Gasteiger partial charge in [-0.3, -0.25) is 9.48 Å². The van der Waals surface area contributed by atoms with Crippen molar-refractivity contribution in [1.29, 1.82) is 0 Å². The molecule has 140 valence electrons.